The van der Waals surface area contributed by atoms with Gasteiger partial charge in [0.2, 0.25) is 15.9 Å². The average Bonchev–Trinajstić information content (AvgIpc) is 2.60. The quantitative estimate of drug-likeness (QED) is 0.823. The maximum Gasteiger partial charge on any atom is 0.221 e. The minimum Gasteiger partial charge on any atom is -0.349 e. The summed E-state index contributed by atoms with van der Waals surface area (Å²) in [7, 11) is -3.43. The van der Waals surface area contributed by atoms with E-state index in [1.54, 1.807) is 0 Å². The number of likely N-dealkylation sites (tertiary alicyclic amines) is 1. The lowest BCUT2D eigenvalue weighted by Crippen LogP contribution is -2.43. The van der Waals surface area contributed by atoms with Gasteiger partial charge in [-0.05, 0) is 56.3 Å². The molecule has 6 nitrogen and oxygen atoms in total. The maximum absolute atomic E-state index is 12.3. The zero-order valence-electron chi connectivity index (χ0n) is 14.5. The normalized spacial score (nSPS) is 22.4. The van der Waals surface area contributed by atoms with Crippen molar-refractivity contribution in [3.8, 4) is 0 Å². The van der Waals surface area contributed by atoms with E-state index in [4.69, 9.17) is 5.14 Å². The van der Waals surface area contributed by atoms with Gasteiger partial charge in [0.15, 0.2) is 0 Å². The van der Waals surface area contributed by atoms with Gasteiger partial charge in [-0.3, -0.25) is 4.79 Å². The molecule has 1 saturated heterocycles. The Morgan fingerprint density at radius 3 is 2.64 bits per heavy atom. The molecule has 1 aliphatic heterocycles. The molecule has 1 aromatic carbocycles. The van der Waals surface area contributed by atoms with E-state index in [0.29, 0.717) is 38.9 Å². The molecule has 1 unspecified atom stereocenters. The van der Waals surface area contributed by atoms with Gasteiger partial charge >= 0.3 is 0 Å². The molecule has 25 heavy (non-hydrogen) atoms. The number of sulfonamides is 1. The fourth-order valence-corrected chi connectivity index (χ4v) is 4.76. The molecule has 138 valence electrons. The Labute approximate surface area is 149 Å². The van der Waals surface area contributed by atoms with Crippen LogP contribution < -0.4 is 10.5 Å². The Morgan fingerprint density at radius 1 is 1.20 bits per heavy atom. The molecule has 1 heterocycles. The van der Waals surface area contributed by atoms with Crippen LogP contribution in [-0.2, 0) is 21.2 Å². The zero-order valence-corrected chi connectivity index (χ0v) is 15.3. The first-order chi connectivity index (χ1) is 11.9. The Kier molecular flexibility index (Phi) is 5.76. The molecule has 1 aliphatic carbocycles. The van der Waals surface area contributed by atoms with Crippen LogP contribution in [0.2, 0.25) is 0 Å². The lowest BCUT2D eigenvalue weighted by Gasteiger charge is -2.31. The van der Waals surface area contributed by atoms with E-state index < -0.39 is 15.3 Å². The van der Waals surface area contributed by atoms with Gasteiger partial charge in [0.1, 0.15) is 0 Å². The highest BCUT2D eigenvalue weighted by molar-refractivity contribution is 7.89. The molecule has 0 spiro atoms. The van der Waals surface area contributed by atoms with Gasteiger partial charge < -0.3 is 10.2 Å². The van der Waals surface area contributed by atoms with Crippen LogP contribution in [0.15, 0.2) is 24.3 Å². The molecule has 2 aliphatic rings. The number of fused-ring (bicyclic) bond motifs is 1. The molecule has 7 heteroatoms. The van der Waals surface area contributed by atoms with Crippen molar-refractivity contribution in [2.24, 2.45) is 5.14 Å². The van der Waals surface area contributed by atoms with Crippen molar-refractivity contribution in [1.29, 1.82) is 0 Å². The van der Waals surface area contributed by atoms with Gasteiger partial charge in [-0.15, -0.1) is 0 Å². The van der Waals surface area contributed by atoms with Crippen molar-refractivity contribution in [1.82, 2.24) is 10.2 Å². The highest BCUT2D eigenvalue weighted by Gasteiger charge is 2.27. The van der Waals surface area contributed by atoms with E-state index in [-0.39, 0.29) is 11.9 Å². The average molecular weight is 365 g/mol. The van der Waals surface area contributed by atoms with Crippen molar-refractivity contribution < 1.29 is 13.2 Å². The molecule has 1 amide bonds. The third kappa shape index (κ3) is 4.80. The van der Waals surface area contributed by atoms with Crippen molar-refractivity contribution in [2.45, 2.75) is 49.8 Å². The van der Waals surface area contributed by atoms with Gasteiger partial charge in [-0.1, -0.05) is 24.3 Å². The van der Waals surface area contributed by atoms with Crippen molar-refractivity contribution in [3.63, 3.8) is 0 Å². The number of hydrogen-bond acceptors (Lipinski definition) is 4. The number of piperidine rings is 1. The summed E-state index contributed by atoms with van der Waals surface area (Å²) in [5.41, 5.74) is 2.58. The van der Waals surface area contributed by atoms with Crippen LogP contribution in [0, 0.1) is 0 Å². The summed E-state index contributed by atoms with van der Waals surface area (Å²) in [4.78, 5) is 14.5. The van der Waals surface area contributed by atoms with Crippen molar-refractivity contribution in [2.75, 3.05) is 19.6 Å². The summed E-state index contributed by atoms with van der Waals surface area (Å²) in [5.74, 6) is 0.0651. The van der Waals surface area contributed by atoms with Crippen LogP contribution in [0.25, 0.3) is 0 Å². The van der Waals surface area contributed by atoms with E-state index in [0.717, 1.165) is 19.3 Å². The lowest BCUT2D eigenvalue weighted by molar-refractivity contribution is -0.122. The highest BCUT2D eigenvalue weighted by atomic mass is 32.2. The van der Waals surface area contributed by atoms with E-state index in [1.165, 1.54) is 11.1 Å². The molecular weight excluding hydrogens is 338 g/mol. The van der Waals surface area contributed by atoms with Gasteiger partial charge in [-0.25, -0.2) is 13.6 Å². The topological polar surface area (TPSA) is 92.5 Å². The van der Waals surface area contributed by atoms with Gasteiger partial charge in [0.05, 0.1) is 11.3 Å². The van der Waals surface area contributed by atoms with Crippen LogP contribution in [0.5, 0.6) is 0 Å². The number of rotatable bonds is 5. The number of nitrogens with one attached hydrogen (secondary N) is 1. The first kappa shape index (κ1) is 18.4. The molecule has 3 N–H and O–H groups in total. The largest absolute Gasteiger partial charge is 0.349 e. The van der Waals surface area contributed by atoms with Crippen LogP contribution in [0.3, 0.4) is 0 Å². The van der Waals surface area contributed by atoms with Gasteiger partial charge in [0.25, 0.3) is 0 Å². The second-order valence-corrected chi connectivity index (χ2v) is 8.94. The third-order valence-corrected chi connectivity index (χ3v) is 6.76. The van der Waals surface area contributed by atoms with Crippen LogP contribution in [-0.4, -0.2) is 44.1 Å². The van der Waals surface area contributed by atoms with Crippen molar-refractivity contribution in [3.05, 3.63) is 35.4 Å². The molecule has 3 rings (SSSR count). The smallest absolute Gasteiger partial charge is 0.221 e. The molecule has 1 atom stereocenters. The SMILES string of the molecule is NS(=O)(=O)C1CCN(CCC(=O)NC2CCCc3ccccc32)CC1. The molecule has 0 bridgehead atoms. The fourth-order valence-electron chi connectivity index (χ4n) is 3.89. The molecule has 0 saturated carbocycles. The minimum atomic E-state index is -3.43. The summed E-state index contributed by atoms with van der Waals surface area (Å²) in [5, 5.41) is 7.94. The number of amides is 1. The summed E-state index contributed by atoms with van der Waals surface area (Å²) in [6.45, 7) is 2.03. The second kappa shape index (κ2) is 7.85. The summed E-state index contributed by atoms with van der Waals surface area (Å²) in [6.07, 6.45) is 4.72. The molecule has 1 fully saturated rings. The summed E-state index contributed by atoms with van der Waals surface area (Å²) < 4.78 is 22.8. The van der Waals surface area contributed by atoms with E-state index in [1.807, 2.05) is 12.1 Å². The maximum atomic E-state index is 12.3. The van der Waals surface area contributed by atoms with Gasteiger partial charge in [-0.2, -0.15) is 0 Å². The summed E-state index contributed by atoms with van der Waals surface area (Å²) >= 11 is 0. The van der Waals surface area contributed by atoms with E-state index in [2.05, 4.69) is 22.3 Å². The Morgan fingerprint density at radius 2 is 1.92 bits per heavy atom. The Balaban J connectivity index is 1.45. The van der Waals surface area contributed by atoms with Crippen LogP contribution in [0.1, 0.15) is 49.3 Å². The fraction of sp³-hybridized carbons (Fsp3) is 0.611. The number of nitrogens with zero attached hydrogens (tertiary/aromatic N) is 1. The lowest BCUT2D eigenvalue weighted by atomic mass is 9.87. The van der Waals surface area contributed by atoms with E-state index >= 15 is 0 Å². The number of carbonyl (C=O) groups excluding carboxylic acids is 1. The standard InChI is InChI=1S/C18H27N3O3S/c19-25(23,24)15-8-11-21(12-9-15)13-10-18(22)20-17-7-3-5-14-4-1-2-6-16(14)17/h1-2,4,6,15,17H,3,5,7-13H2,(H,20,22)(H2,19,23,24). The Bertz CT molecular complexity index is 712. The van der Waals surface area contributed by atoms with Crippen LogP contribution >= 0.6 is 0 Å². The Hall–Kier alpha value is -1.44. The highest BCUT2D eigenvalue weighted by Crippen LogP contribution is 2.29. The predicted octanol–water partition coefficient (Wildman–Crippen LogP) is 1.32. The molecule has 0 aromatic heterocycles. The van der Waals surface area contributed by atoms with E-state index in [9.17, 15) is 13.2 Å². The minimum absolute atomic E-state index is 0.0651. The number of benzene rings is 1. The van der Waals surface area contributed by atoms with Crippen molar-refractivity contribution >= 4 is 15.9 Å². The predicted molar refractivity (Wildman–Crippen MR) is 97.4 cm³/mol. The first-order valence-corrected chi connectivity index (χ1v) is 10.7. The number of hydrogen-bond donors (Lipinski definition) is 2. The third-order valence-electron chi connectivity index (χ3n) is 5.36. The van der Waals surface area contributed by atoms with Gasteiger partial charge in [0, 0.05) is 13.0 Å². The van der Waals surface area contributed by atoms with Crippen LogP contribution in [0.4, 0.5) is 0 Å². The molecule has 1 aromatic rings. The zero-order chi connectivity index (χ0) is 17.9. The first-order valence-electron chi connectivity index (χ1n) is 9.04. The molecular formula is C18H27N3O3S. The monoisotopic (exact) mass is 365 g/mol. The summed E-state index contributed by atoms with van der Waals surface area (Å²) in [6, 6.07) is 8.44. The number of primary sulfonamides is 1. The number of aryl methyl sites for hydroxylation is 1. The molecule has 0 radical (unpaired) electrons. The second-order valence-electron chi connectivity index (χ2n) is 7.09. The number of nitrogens with two attached hydrogens (primary N) is 1. The number of carbonyl (C=O) groups is 1.